The summed E-state index contributed by atoms with van der Waals surface area (Å²) in [7, 11) is 0. The number of benzene rings is 1. The first-order valence-corrected chi connectivity index (χ1v) is 12.3. The van der Waals surface area contributed by atoms with Crippen molar-refractivity contribution in [3.8, 4) is 0 Å². The summed E-state index contributed by atoms with van der Waals surface area (Å²) in [6.07, 6.45) is 7.73. The summed E-state index contributed by atoms with van der Waals surface area (Å²) in [5.74, 6) is -2.12. The molecule has 1 aromatic heterocycles. The van der Waals surface area contributed by atoms with Crippen molar-refractivity contribution in [1.29, 1.82) is 0 Å². The van der Waals surface area contributed by atoms with Gasteiger partial charge in [-0.25, -0.2) is 13.8 Å². The molecule has 5 nitrogen and oxygen atoms in total. The Morgan fingerprint density at radius 2 is 1.85 bits per heavy atom. The van der Waals surface area contributed by atoms with Crippen LogP contribution in [0.2, 0.25) is 0 Å². The number of rotatable bonds is 4. The number of nitrogens with one attached hydrogen (secondary N) is 1. The fourth-order valence-corrected chi connectivity index (χ4v) is 5.14. The molecule has 1 amide bonds. The number of carbonyl (C=O) groups is 1. The number of halogens is 3. The number of piperidine rings is 1. The highest BCUT2D eigenvalue weighted by atomic mass is 79.9. The molecule has 1 N–H and O–H groups in total. The van der Waals surface area contributed by atoms with Gasteiger partial charge in [0.25, 0.3) is 11.8 Å². The van der Waals surface area contributed by atoms with E-state index in [1.54, 1.807) is 11.0 Å². The predicted molar refractivity (Wildman–Crippen MR) is 129 cm³/mol. The summed E-state index contributed by atoms with van der Waals surface area (Å²) < 4.78 is 28.0. The average Bonchev–Trinajstić information content (AvgIpc) is 3.52. The second-order valence-electron chi connectivity index (χ2n) is 9.62. The van der Waals surface area contributed by atoms with Crippen LogP contribution in [0.25, 0.3) is 5.57 Å². The van der Waals surface area contributed by atoms with Gasteiger partial charge in [-0.15, -0.1) is 0 Å². The van der Waals surface area contributed by atoms with E-state index in [0.29, 0.717) is 28.4 Å². The molecule has 0 radical (unpaired) electrons. The topological polar surface area (TPSA) is 58.1 Å². The van der Waals surface area contributed by atoms with Crippen LogP contribution in [0, 0.1) is 12.3 Å². The van der Waals surface area contributed by atoms with E-state index in [-0.39, 0.29) is 31.8 Å². The van der Waals surface area contributed by atoms with Crippen molar-refractivity contribution in [2.45, 2.75) is 57.8 Å². The molecule has 1 saturated carbocycles. The fourth-order valence-electron chi connectivity index (χ4n) is 4.78. The molecule has 8 heteroatoms. The number of anilines is 2. The first kappa shape index (κ1) is 22.4. The largest absolute Gasteiger partial charge is 0.340 e. The highest BCUT2D eigenvalue weighted by molar-refractivity contribution is 9.10. The second-order valence-corrected chi connectivity index (χ2v) is 10.5. The Hall–Kier alpha value is -2.35. The average molecular weight is 517 g/mol. The summed E-state index contributed by atoms with van der Waals surface area (Å²) in [6.45, 7) is 2.19. The molecule has 2 aliphatic carbocycles. The van der Waals surface area contributed by atoms with E-state index in [4.69, 9.17) is 0 Å². The molecule has 0 bridgehead atoms. The molecule has 1 saturated heterocycles. The number of hydrogen-bond donors (Lipinski definition) is 1. The third kappa shape index (κ3) is 4.95. The van der Waals surface area contributed by atoms with Crippen LogP contribution in [0.1, 0.15) is 66.6 Å². The number of amides is 1. The zero-order valence-electron chi connectivity index (χ0n) is 18.6. The molecule has 2 heterocycles. The monoisotopic (exact) mass is 516 g/mol. The number of alkyl halides is 2. The quantitative estimate of drug-likeness (QED) is 0.511. The first-order valence-electron chi connectivity index (χ1n) is 11.5. The molecule has 0 atom stereocenters. The van der Waals surface area contributed by atoms with Crippen LogP contribution in [-0.4, -0.2) is 34.9 Å². The minimum absolute atomic E-state index is 0.191. The number of allylic oxidation sites excluding steroid dienone is 2. The lowest BCUT2D eigenvalue weighted by molar-refractivity contribution is -0.0222. The summed E-state index contributed by atoms with van der Waals surface area (Å²) >= 11 is 3.55. The number of nitrogens with zero attached hydrogens (tertiary/aromatic N) is 3. The Morgan fingerprint density at radius 1 is 1.09 bits per heavy atom. The highest BCUT2D eigenvalue weighted by Crippen LogP contribution is 2.56. The lowest BCUT2D eigenvalue weighted by Crippen LogP contribution is -2.40. The Morgan fingerprint density at radius 3 is 2.52 bits per heavy atom. The van der Waals surface area contributed by atoms with E-state index in [1.165, 1.54) is 24.8 Å². The van der Waals surface area contributed by atoms with Gasteiger partial charge in [-0.05, 0) is 73.8 Å². The normalized spacial score (nSPS) is 21.0. The number of carbonyl (C=O) groups excluding carboxylic acids is 1. The highest BCUT2D eigenvalue weighted by Gasteiger charge is 2.43. The van der Waals surface area contributed by atoms with Crippen molar-refractivity contribution in [2.75, 3.05) is 23.3 Å². The molecule has 3 aliphatic rings. The van der Waals surface area contributed by atoms with Crippen LogP contribution in [0.15, 0.2) is 34.8 Å². The third-order valence-electron chi connectivity index (χ3n) is 7.10. The van der Waals surface area contributed by atoms with Crippen LogP contribution in [0.3, 0.4) is 0 Å². The van der Waals surface area contributed by atoms with Crippen LogP contribution < -0.4 is 10.2 Å². The van der Waals surface area contributed by atoms with Gasteiger partial charge in [0.2, 0.25) is 5.95 Å². The third-order valence-corrected chi connectivity index (χ3v) is 7.59. The maximum atomic E-state index is 13.5. The maximum absolute atomic E-state index is 13.5. The molecule has 1 aromatic carbocycles. The van der Waals surface area contributed by atoms with Gasteiger partial charge in [0.15, 0.2) is 0 Å². The zero-order valence-corrected chi connectivity index (χ0v) is 20.2. The first-order chi connectivity index (χ1) is 15.7. The second kappa shape index (κ2) is 8.46. The molecule has 33 heavy (non-hydrogen) atoms. The summed E-state index contributed by atoms with van der Waals surface area (Å²) in [4.78, 5) is 23.9. The van der Waals surface area contributed by atoms with E-state index >= 15 is 0 Å². The van der Waals surface area contributed by atoms with Crippen LogP contribution in [0.5, 0.6) is 0 Å². The predicted octanol–water partition coefficient (Wildman–Crippen LogP) is 6.38. The molecule has 1 aliphatic heterocycles. The van der Waals surface area contributed by atoms with Crippen molar-refractivity contribution in [3.63, 3.8) is 0 Å². The van der Waals surface area contributed by atoms with Gasteiger partial charge in [0, 0.05) is 47.7 Å². The summed E-state index contributed by atoms with van der Waals surface area (Å²) in [6, 6.07) is 7.42. The molecule has 174 valence electrons. The molecule has 2 aromatic rings. The smallest absolute Gasteiger partial charge is 0.257 e. The Bertz CT molecular complexity index is 1120. The van der Waals surface area contributed by atoms with Gasteiger partial charge in [0.05, 0.1) is 0 Å². The van der Waals surface area contributed by atoms with E-state index in [1.807, 2.05) is 25.1 Å². The Labute approximate surface area is 200 Å². The summed E-state index contributed by atoms with van der Waals surface area (Å²) in [5.41, 5.74) is 3.96. The van der Waals surface area contributed by atoms with Crippen molar-refractivity contribution >= 4 is 39.2 Å². The van der Waals surface area contributed by atoms with Crippen molar-refractivity contribution in [3.05, 3.63) is 51.6 Å². The lowest BCUT2D eigenvalue weighted by atomic mass is 9.83. The van der Waals surface area contributed by atoms with Gasteiger partial charge < -0.3 is 10.2 Å². The van der Waals surface area contributed by atoms with Crippen molar-refractivity contribution in [2.24, 2.45) is 5.41 Å². The lowest BCUT2D eigenvalue weighted by Gasteiger charge is -2.31. The Balaban J connectivity index is 1.37. The van der Waals surface area contributed by atoms with Gasteiger partial charge in [-0.1, -0.05) is 22.0 Å². The van der Waals surface area contributed by atoms with Gasteiger partial charge in [-0.3, -0.25) is 4.79 Å². The minimum Gasteiger partial charge on any atom is -0.340 e. The van der Waals surface area contributed by atoms with E-state index in [2.05, 4.69) is 37.3 Å². The van der Waals surface area contributed by atoms with E-state index in [0.717, 1.165) is 22.9 Å². The van der Waals surface area contributed by atoms with Gasteiger partial charge in [0.1, 0.15) is 5.82 Å². The van der Waals surface area contributed by atoms with E-state index < -0.39 is 5.92 Å². The molecular formula is C25H27BrF2N4O. The van der Waals surface area contributed by atoms with Crippen molar-refractivity contribution in [1.82, 2.24) is 9.97 Å². The van der Waals surface area contributed by atoms with Crippen LogP contribution >= 0.6 is 15.9 Å². The molecule has 0 unspecified atom stereocenters. The molecule has 2 fully saturated rings. The van der Waals surface area contributed by atoms with Crippen molar-refractivity contribution < 1.29 is 13.6 Å². The van der Waals surface area contributed by atoms with Crippen LogP contribution in [0.4, 0.5) is 20.5 Å². The molecule has 5 rings (SSSR count). The van der Waals surface area contributed by atoms with Gasteiger partial charge in [-0.2, -0.15) is 4.98 Å². The number of aryl methyl sites for hydroxylation is 1. The standard InChI is InChI=1S/C25H27BrF2N4O/c1-16-14-21(31-23(29-16)32-12-10-25(27,28)11-13-32)30-22(33)19-3-2-18(26)15-20(19)17-4-6-24(7-5-17)8-9-24/h2-4,14-15H,5-13H2,1H3,(H,29,30,31,33). The summed E-state index contributed by atoms with van der Waals surface area (Å²) in [5, 5.41) is 2.91. The zero-order chi connectivity index (χ0) is 23.2. The van der Waals surface area contributed by atoms with Crippen LogP contribution in [-0.2, 0) is 0 Å². The van der Waals surface area contributed by atoms with Gasteiger partial charge >= 0.3 is 0 Å². The number of aromatic nitrogens is 2. The number of hydrogen-bond acceptors (Lipinski definition) is 4. The minimum atomic E-state index is -2.64. The van der Waals surface area contributed by atoms with E-state index in [9.17, 15) is 13.6 Å². The fraction of sp³-hybridized carbons (Fsp3) is 0.480. The SMILES string of the molecule is Cc1cc(NC(=O)c2ccc(Br)cc2C2=CCC3(CC2)CC3)nc(N2CCC(F)(F)CC2)n1. The molecule has 1 spiro atoms. The maximum Gasteiger partial charge on any atom is 0.257 e. The Kier molecular flexibility index (Phi) is 5.75. The molecular weight excluding hydrogens is 490 g/mol.